The van der Waals surface area contributed by atoms with Crippen LogP contribution in [0.15, 0.2) is 0 Å². The number of hydrogen-bond donors (Lipinski definition) is 2. The van der Waals surface area contributed by atoms with Crippen LogP contribution < -0.4 is 4.89 Å². The summed E-state index contributed by atoms with van der Waals surface area (Å²) >= 11 is 0. The van der Waals surface area contributed by atoms with Gasteiger partial charge >= 0.3 is 0 Å². The fourth-order valence-corrected chi connectivity index (χ4v) is 3.65. The topological polar surface area (TPSA) is 110 Å². The third-order valence-electron chi connectivity index (χ3n) is 3.79. The predicted molar refractivity (Wildman–Crippen MR) is 82.2 cm³/mol. The molecule has 0 amide bonds. The van der Waals surface area contributed by atoms with Crippen LogP contribution in [0.5, 0.6) is 0 Å². The molecule has 0 aromatic heterocycles. The smallest absolute Gasteiger partial charge is 0.113 e. The van der Waals surface area contributed by atoms with E-state index in [4.69, 9.17) is 44.1 Å². The molecule has 0 aliphatic carbocycles. The minimum Gasteiger partial charge on any atom is -0.789 e. The fourth-order valence-electron chi connectivity index (χ4n) is 2.59. The lowest BCUT2D eigenvalue weighted by atomic mass is 9.93. The van der Waals surface area contributed by atoms with Crippen molar-refractivity contribution in [3.63, 3.8) is 0 Å². The molecule has 128 valence electrons. The fraction of sp³-hybridized carbons (Fsp3) is 0.917. The molecule has 2 aliphatic rings. The van der Waals surface area contributed by atoms with Crippen LogP contribution >= 0.6 is 7.57 Å². The molecular formula is C12H20B2O8P-. The molecule has 2 aliphatic heterocycles. The second-order valence-corrected chi connectivity index (χ2v) is 7.21. The minimum atomic E-state index is -3.69. The normalized spacial score (nSPS) is 43.6. The van der Waals surface area contributed by atoms with Gasteiger partial charge in [-0.15, -0.1) is 0 Å². The summed E-state index contributed by atoms with van der Waals surface area (Å²) < 4.78 is 26.1. The number of aliphatic hydroxyl groups is 2. The monoisotopic (exact) mass is 345 g/mol. The highest BCUT2D eigenvalue weighted by atomic mass is 31.2. The highest BCUT2D eigenvalue weighted by molar-refractivity contribution is 7.57. The number of hydrogen-bond acceptors (Lipinski definition) is 8. The van der Waals surface area contributed by atoms with Gasteiger partial charge in [0.1, 0.15) is 34.0 Å². The summed E-state index contributed by atoms with van der Waals surface area (Å²) in [4.78, 5) is 12.3. The second kappa shape index (κ2) is 7.99. The Kier molecular flexibility index (Phi) is 6.75. The Morgan fingerprint density at radius 1 is 1.35 bits per heavy atom. The van der Waals surface area contributed by atoms with Gasteiger partial charge in [0.05, 0.1) is 25.4 Å². The molecule has 23 heavy (non-hydrogen) atoms. The Morgan fingerprint density at radius 2 is 2.04 bits per heavy atom. The molecule has 0 aromatic rings. The van der Waals surface area contributed by atoms with E-state index in [1.807, 2.05) is 0 Å². The Labute approximate surface area is 138 Å². The zero-order valence-electron chi connectivity index (χ0n) is 12.8. The van der Waals surface area contributed by atoms with E-state index in [0.29, 0.717) is 0 Å². The van der Waals surface area contributed by atoms with Crippen molar-refractivity contribution in [1.29, 1.82) is 0 Å². The third-order valence-corrected chi connectivity index (χ3v) is 4.92. The van der Waals surface area contributed by atoms with Crippen LogP contribution in [0.4, 0.5) is 0 Å². The molecule has 2 heterocycles. The highest BCUT2D eigenvalue weighted by Gasteiger charge is 2.41. The number of ether oxygens (including phenoxy) is 3. The lowest BCUT2D eigenvalue weighted by Gasteiger charge is -2.35. The van der Waals surface area contributed by atoms with Gasteiger partial charge in [0.2, 0.25) is 0 Å². The molecular weight excluding hydrogens is 325 g/mol. The zero-order chi connectivity index (χ0) is 17.2. The summed E-state index contributed by atoms with van der Waals surface area (Å²) in [7, 11) is 8.97. The molecule has 8 nitrogen and oxygen atoms in total. The van der Waals surface area contributed by atoms with Gasteiger partial charge < -0.3 is 38.4 Å². The summed E-state index contributed by atoms with van der Waals surface area (Å²) in [6, 6.07) is -1.74. The first kappa shape index (κ1) is 19.4. The van der Waals surface area contributed by atoms with Gasteiger partial charge in [-0.05, 0) is 0 Å². The molecule has 11 heteroatoms. The standard InChI is InChI=1S/C12H20B2O8P/c1-18-10-8(21-12(14)9(10)16)5-19-23(2,17)22-7-3-6(4-15)20-11(7)13/h6-12,15-16H,2-5H2,1H3/q-1/t6-,7-,8+,9-,10?,11+,12+,23?/m0/s1. The first-order valence-corrected chi connectivity index (χ1v) is 8.91. The Hall–Kier alpha value is 0.110. The molecule has 2 unspecified atom stereocenters. The number of aliphatic hydroxyl groups excluding tert-OH is 2. The van der Waals surface area contributed by atoms with E-state index in [2.05, 4.69) is 6.30 Å². The molecule has 0 aromatic carbocycles. The van der Waals surface area contributed by atoms with Gasteiger partial charge in [-0.25, -0.2) is 0 Å². The van der Waals surface area contributed by atoms with Gasteiger partial charge in [-0.2, -0.15) is 0 Å². The third kappa shape index (κ3) is 4.81. The second-order valence-electron chi connectivity index (χ2n) is 5.52. The summed E-state index contributed by atoms with van der Waals surface area (Å²) in [5.74, 6) is 0. The molecule has 4 radical (unpaired) electrons. The summed E-state index contributed by atoms with van der Waals surface area (Å²) in [6.07, 6.45) is 0.0959. The van der Waals surface area contributed by atoms with Crippen LogP contribution in [0, 0.1) is 0 Å². The van der Waals surface area contributed by atoms with E-state index in [1.165, 1.54) is 7.11 Å². The minimum absolute atomic E-state index is 0.184. The zero-order valence-corrected chi connectivity index (χ0v) is 13.7. The van der Waals surface area contributed by atoms with E-state index in [-0.39, 0.29) is 19.6 Å². The molecule has 2 N–H and O–H groups in total. The van der Waals surface area contributed by atoms with Crippen molar-refractivity contribution in [3.8, 4) is 0 Å². The van der Waals surface area contributed by atoms with Crippen LogP contribution in [0.2, 0.25) is 0 Å². The molecule has 0 saturated carbocycles. The quantitative estimate of drug-likeness (QED) is 0.385. The van der Waals surface area contributed by atoms with Crippen LogP contribution in [0.25, 0.3) is 0 Å². The Morgan fingerprint density at radius 3 is 2.61 bits per heavy atom. The molecule has 2 rings (SSSR count). The van der Waals surface area contributed by atoms with Crippen LogP contribution in [0.1, 0.15) is 6.42 Å². The number of methoxy groups -OCH3 is 1. The highest BCUT2D eigenvalue weighted by Crippen LogP contribution is 2.43. The van der Waals surface area contributed by atoms with Crippen molar-refractivity contribution < 1.29 is 38.4 Å². The Balaban J connectivity index is 1.86. The van der Waals surface area contributed by atoms with E-state index in [0.717, 1.165) is 0 Å². The summed E-state index contributed by atoms with van der Waals surface area (Å²) in [5, 5.41) is 18.8. The maximum Gasteiger partial charge on any atom is 0.113 e. The van der Waals surface area contributed by atoms with E-state index >= 15 is 0 Å². The largest absolute Gasteiger partial charge is 0.789 e. The van der Waals surface area contributed by atoms with Crippen LogP contribution in [0.3, 0.4) is 0 Å². The lowest BCUT2D eigenvalue weighted by Crippen LogP contribution is -2.36. The summed E-state index contributed by atoms with van der Waals surface area (Å²) in [6.45, 7) is -0.395. The Bertz CT molecular complexity index is 441. The average molecular weight is 345 g/mol. The van der Waals surface area contributed by atoms with Crippen molar-refractivity contribution in [2.45, 2.75) is 48.9 Å². The predicted octanol–water partition coefficient (Wildman–Crippen LogP) is -2.51. The maximum atomic E-state index is 12.3. The van der Waals surface area contributed by atoms with Crippen molar-refractivity contribution in [1.82, 2.24) is 0 Å². The van der Waals surface area contributed by atoms with Crippen LogP contribution in [-0.4, -0.2) is 95.1 Å². The van der Waals surface area contributed by atoms with Gasteiger partial charge in [0.25, 0.3) is 0 Å². The van der Waals surface area contributed by atoms with Crippen molar-refractivity contribution in [2.24, 2.45) is 0 Å². The first-order chi connectivity index (χ1) is 10.8. The molecule has 0 bridgehead atoms. The molecule has 8 atom stereocenters. The van der Waals surface area contributed by atoms with Crippen molar-refractivity contribution in [3.05, 3.63) is 0 Å². The van der Waals surface area contributed by atoms with Crippen molar-refractivity contribution >= 4 is 29.6 Å². The van der Waals surface area contributed by atoms with E-state index < -0.39 is 50.1 Å². The first-order valence-electron chi connectivity index (χ1n) is 7.18. The number of rotatable bonds is 7. The molecule has 2 saturated heterocycles. The summed E-state index contributed by atoms with van der Waals surface area (Å²) in [5.41, 5.74) is 0. The molecule has 0 spiro atoms. The van der Waals surface area contributed by atoms with Gasteiger partial charge in [-0.3, -0.25) is 0 Å². The van der Waals surface area contributed by atoms with Crippen LogP contribution in [-0.2, 0) is 23.3 Å². The van der Waals surface area contributed by atoms with E-state index in [1.54, 1.807) is 0 Å². The lowest BCUT2D eigenvalue weighted by molar-refractivity contribution is -0.215. The van der Waals surface area contributed by atoms with Gasteiger partial charge in [0.15, 0.2) is 0 Å². The molecule has 2 fully saturated rings. The SMILES string of the molecule is [B][C@@H]1O[C@H](CO)C[C@@H]1OP(=C)([O-])OC[C@H]1O[C@@H]([B])[C@@H](O)C1OC. The van der Waals surface area contributed by atoms with Gasteiger partial charge in [-0.1, -0.05) is 6.30 Å². The van der Waals surface area contributed by atoms with E-state index in [9.17, 15) is 10.00 Å². The van der Waals surface area contributed by atoms with Crippen molar-refractivity contribution in [2.75, 3.05) is 20.3 Å². The average Bonchev–Trinajstić information content (AvgIpc) is 2.97. The van der Waals surface area contributed by atoms with Gasteiger partial charge in [0, 0.05) is 33.1 Å². The maximum absolute atomic E-state index is 12.3.